The van der Waals surface area contributed by atoms with Crippen molar-refractivity contribution in [3.63, 3.8) is 0 Å². The van der Waals surface area contributed by atoms with Gasteiger partial charge in [-0.15, -0.1) is 11.8 Å². The SMILES string of the molecule is Cc1ccc(C)c(NC(=O)C2N([C@@H](CO)Cc3ccccc3)C(=O)[C@@H]3[C@@H](C(=O)NCc4ccccc4)[C@@]4(C)CCC23S4)c1. The minimum atomic E-state index is -0.829. The number of nitrogens with one attached hydrogen (secondary N) is 2. The number of hydrogen-bond acceptors (Lipinski definition) is 5. The molecule has 3 aromatic carbocycles. The molecule has 3 aliphatic rings. The Hall–Kier alpha value is -3.62. The highest BCUT2D eigenvalue weighted by Gasteiger charge is 2.77. The molecule has 8 heteroatoms. The fourth-order valence-electron chi connectivity index (χ4n) is 7.56. The van der Waals surface area contributed by atoms with Crippen molar-refractivity contribution in [1.82, 2.24) is 10.2 Å². The van der Waals surface area contributed by atoms with Crippen LogP contribution in [0.25, 0.3) is 0 Å². The molecule has 3 saturated heterocycles. The molecule has 6 atom stereocenters. The first-order valence-electron chi connectivity index (χ1n) is 15.0. The van der Waals surface area contributed by atoms with Crippen LogP contribution in [0.1, 0.15) is 42.0 Å². The predicted octanol–water partition coefficient (Wildman–Crippen LogP) is 4.64. The van der Waals surface area contributed by atoms with Crippen LogP contribution < -0.4 is 10.6 Å². The summed E-state index contributed by atoms with van der Waals surface area (Å²) in [5.74, 6) is -1.88. The highest BCUT2D eigenvalue weighted by molar-refractivity contribution is 8.02. The Morgan fingerprint density at radius 2 is 1.65 bits per heavy atom. The van der Waals surface area contributed by atoms with Crippen LogP contribution in [-0.2, 0) is 27.3 Å². The molecule has 3 aromatic rings. The molecule has 224 valence electrons. The number of benzene rings is 3. The number of thioether (sulfide) groups is 1. The van der Waals surface area contributed by atoms with Crippen molar-refractivity contribution in [2.24, 2.45) is 11.8 Å². The van der Waals surface area contributed by atoms with Gasteiger partial charge in [0, 0.05) is 17.0 Å². The molecule has 3 amide bonds. The Bertz CT molecular complexity index is 1530. The summed E-state index contributed by atoms with van der Waals surface area (Å²) in [6.07, 6.45) is 1.79. The lowest BCUT2D eigenvalue weighted by molar-refractivity contribution is -0.142. The summed E-state index contributed by atoms with van der Waals surface area (Å²) >= 11 is 1.64. The van der Waals surface area contributed by atoms with E-state index in [2.05, 4.69) is 17.6 Å². The van der Waals surface area contributed by atoms with E-state index in [4.69, 9.17) is 0 Å². The zero-order valence-electron chi connectivity index (χ0n) is 24.9. The summed E-state index contributed by atoms with van der Waals surface area (Å²) < 4.78 is -1.24. The smallest absolute Gasteiger partial charge is 0.248 e. The quantitative estimate of drug-likeness (QED) is 0.334. The monoisotopic (exact) mass is 597 g/mol. The minimum absolute atomic E-state index is 0.155. The van der Waals surface area contributed by atoms with Gasteiger partial charge in [0.1, 0.15) is 6.04 Å². The molecule has 1 spiro atoms. The van der Waals surface area contributed by atoms with E-state index in [1.165, 1.54) is 0 Å². The average Bonchev–Trinajstić information content (AvgIpc) is 3.58. The Kier molecular flexibility index (Phi) is 7.86. The van der Waals surface area contributed by atoms with E-state index < -0.39 is 33.4 Å². The molecule has 3 fully saturated rings. The summed E-state index contributed by atoms with van der Waals surface area (Å²) in [7, 11) is 0. The van der Waals surface area contributed by atoms with Crippen LogP contribution >= 0.6 is 11.8 Å². The maximum absolute atomic E-state index is 14.6. The van der Waals surface area contributed by atoms with Crippen molar-refractivity contribution in [3.8, 4) is 0 Å². The third-order valence-electron chi connectivity index (χ3n) is 9.62. The first kappa shape index (κ1) is 29.5. The Labute approximate surface area is 257 Å². The number of nitrogens with zero attached hydrogens (tertiary/aromatic N) is 1. The second-order valence-electron chi connectivity index (χ2n) is 12.5. The molecule has 6 rings (SSSR count). The van der Waals surface area contributed by atoms with Crippen LogP contribution in [0.5, 0.6) is 0 Å². The van der Waals surface area contributed by atoms with Crippen LogP contribution in [-0.4, -0.2) is 55.9 Å². The minimum Gasteiger partial charge on any atom is -0.394 e. The van der Waals surface area contributed by atoms with Gasteiger partial charge in [-0.25, -0.2) is 0 Å². The molecule has 3 heterocycles. The van der Waals surface area contributed by atoms with Crippen LogP contribution in [0.4, 0.5) is 5.69 Å². The maximum atomic E-state index is 14.6. The number of aliphatic hydroxyl groups excluding tert-OH is 1. The molecule has 3 N–H and O–H groups in total. The van der Waals surface area contributed by atoms with Crippen molar-refractivity contribution < 1.29 is 19.5 Å². The van der Waals surface area contributed by atoms with Gasteiger partial charge in [0.2, 0.25) is 17.7 Å². The van der Waals surface area contributed by atoms with Gasteiger partial charge in [-0.2, -0.15) is 0 Å². The zero-order chi connectivity index (χ0) is 30.4. The molecule has 7 nitrogen and oxygen atoms in total. The molecule has 0 radical (unpaired) electrons. The van der Waals surface area contributed by atoms with Gasteiger partial charge < -0.3 is 20.6 Å². The predicted molar refractivity (Wildman–Crippen MR) is 169 cm³/mol. The number of amides is 3. The van der Waals surface area contributed by atoms with E-state index in [-0.39, 0.29) is 24.3 Å². The summed E-state index contributed by atoms with van der Waals surface area (Å²) in [4.78, 5) is 44.6. The van der Waals surface area contributed by atoms with Crippen molar-refractivity contribution in [3.05, 3.63) is 101 Å². The summed E-state index contributed by atoms with van der Waals surface area (Å²) in [5.41, 5.74) is 4.62. The molecule has 0 saturated carbocycles. The fourth-order valence-corrected chi connectivity index (χ4v) is 9.90. The normalized spacial score (nSPS) is 28.0. The summed E-state index contributed by atoms with van der Waals surface area (Å²) in [6, 6.07) is 23.9. The van der Waals surface area contributed by atoms with Crippen LogP contribution in [0.3, 0.4) is 0 Å². The van der Waals surface area contributed by atoms with E-state index in [1.54, 1.807) is 16.7 Å². The molecule has 2 bridgehead atoms. The Balaban J connectivity index is 1.37. The van der Waals surface area contributed by atoms with Crippen molar-refractivity contribution in [1.29, 1.82) is 0 Å². The van der Waals surface area contributed by atoms with E-state index >= 15 is 0 Å². The number of anilines is 1. The highest BCUT2D eigenvalue weighted by Crippen LogP contribution is 2.71. The van der Waals surface area contributed by atoms with Gasteiger partial charge in [-0.1, -0.05) is 72.8 Å². The molecule has 43 heavy (non-hydrogen) atoms. The summed E-state index contributed by atoms with van der Waals surface area (Å²) in [6.45, 7) is 6.08. The lowest BCUT2D eigenvalue weighted by atomic mass is 9.66. The lowest BCUT2D eigenvalue weighted by Gasteiger charge is -2.37. The third kappa shape index (κ3) is 5.14. The number of aliphatic hydroxyl groups is 1. The number of carbonyl (C=O) groups is 3. The molecule has 3 aliphatic heterocycles. The maximum Gasteiger partial charge on any atom is 0.248 e. The van der Waals surface area contributed by atoms with E-state index in [1.807, 2.05) is 92.7 Å². The molecule has 2 unspecified atom stereocenters. The number of rotatable bonds is 9. The number of likely N-dealkylation sites (tertiary alicyclic amines) is 1. The van der Waals surface area contributed by atoms with Gasteiger partial charge in [0.05, 0.1) is 29.2 Å². The van der Waals surface area contributed by atoms with Gasteiger partial charge >= 0.3 is 0 Å². The second-order valence-corrected chi connectivity index (χ2v) is 14.4. The zero-order valence-corrected chi connectivity index (χ0v) is 25.7. The largest absolute Gasteiger partial charge is 0.394 e. The number of fused-ring (bicyclic) bond motifs is 1. The van der Waals surface area contributed by atoms with Crippen molar-refractivity contribution in [2.45, 2.75) is 68.2 Å². The van der Waals surface area contributed by atoms with Crippen LogP contribution in [0, 0.1) is 25.7 Å². The van der Waals surface area contributed by atoms with Gasteiger partial charge in [-0.3, -0.25) is 14.4 Å². The van der Waals surface area contributed by atoms with E-state index in [0.29, 0.717) is 25.1 Å². The average molecular weight is 598 g/mol. The molecular weight excluding hydrogens is 558 g/mol. The fraction of sp³-hybridized carbons (Fsp3) is 0.400. The van der Waals surface area contributed by atoms with E-state index in [0.717, 1.165) is 28.7 Å². The van der Waals surface area contributed by atoms with Crippen molar-refractivity contribution in [2.75, 3.05) is 11.9 Å². The molecular formula is C35H39N3O4S. The van der Waals surface area contributed by atoms with Gasteiger partial charge in [-0.05, 0) is 68.4 Å². The topological polar surface area (TPSA) is 98.7 Å². The standard InChI is InChI=1S/C35H39N3O4S/c1-22-14-15-23(2)27(18-22)37-32(41)30-35-17-16-34(3,43-35)28(31(40)36-20-25-12-8-5-9-13-25)29(35)33(42)38(30)26(21-39)19-24-10-6-4-7-11-24/h4-15,18,26,28-30,39H,16-17,19-21H2,1-3H3,(H,36,40)(H,37,41)/t26-,28+,29+,30?,34-,35?/m1/s1. The van der Waals surface area contributed by atoms with Gasteiger partial charge in [0.15, 0.2) is 0 Å². The lowest BCUT2D eigenvalue weighted by Crippen LogP contribution is -2.55. The number of aryl methyl sites for hydroxylation is 2. The summed E-state index contributed by atoms with van der Waals surface area (Å²) in [5, 5.41) is 16.9. The first-order chi connectivity index (χ1) is 20.7. The Morgan fingerprint density at radius 1 is 0.977 bits per heavy atom. The second kappa shape index (κ2) is 11.5. The first-order valence-corrected chi connectivity index (χ1v) is 15.9. The molecule has 0 aromatic heterocycles. The third-order valence-corrected chi connectivity index (χ3v) is 11.6. The van der Waals surface area contributed by atoms with E-state index in [9.17, 15) is 19.5 Å². The van der Waals surface area contributed by atoms with Crippen LogP contribution in [0.2, 0.25) is 0 Å². The number of carbonyl (C=O) groups excluding carboxylic acids is 3. The Morgan fingerprint density at radius 3 is 2.33 bits per heavy atom. The van der Waals surface area contributed by atoms with Gasteiger partial charge in [0.25, 0.3) is 0 Å². The molecule has 0 aliphatic carbocycles. The number of hydrogen-bond donors (Lipinski definition) is 3. The van der Waals surface area contributed by atoms with Crippen LogP contribution in [0.15, 0.2) is 78.9 Å². The van der Waals surface area contributed by atoms with Crippen molar-refractivity contribution >= 4 is 35.2 Å². The highest BCUT2D eigenvalue weighted by atomic mass is 32.2.